The molecule has 1 aromatic heterocycles. The molecule has 2 nitrogen and oxygen atoms in total. The number of hydrogen-bond donors (Lipinski definition) is 1. The van der Waals surface area contributed by atoms with E-state index in [0.29, 0.717) is 24.1 Å². The molecule has 1 heterocycles. The van der Waals surface area contributed by atoms with Crippen molar-refractivity contribution in [1.82, 2.24) is 4.98 Å². The fourth-order valence-electron chi connectivity index (χ4n) is 1.57. The van der Waals surface area contributed by atoms with Crippen LogP contribution < -0.4 is 0 Å². The first-order valence-corrected chi connectivity index (χ1v) is 4.06. The van der Waals surface area contributed by atoms with Gasteiger partial charge in [0.2, 0.25) is 0 Å². The van der Waals surface area contributed by atoms with Crippen molar-refractivity contribution in [1.29, 1.82) is 0 Å². The summed E-state index contributed by atoms with van der Waals surface area (Å²) in [5, 5.41) is 9.45. The molecule has 0 spiro atoms. The molecule has 0 aliphatic heterocycles. The highest BCUT2D eigenvalue weighted by atomic mass is 19.1. The number of fused-ring (bicyclic) bond motifs is 1. The van der Waals surface area contributed by atoms with E-state index in [9.17, 15) is 9.50 Å². The molecule has 0 saturated carbocycles. The highest BCUT2D eigenvalue weighted by Gasteiger charge is 2.26. The van der Waals surface area contributed by atoms with Gasteiger partial charge in [-0.15, -0.1) is 0 Å². The van der Waals surface area contributed by atoms with E-state index in [1.54, 1.807) is 18.3 Å². The zero-order chi connectivity index (χ0) is 8.55. The number of hydrogen-bond acceptors (Lipinski definition) is 2. The summed E-state index contributed by atoms with van der Waals surface area (Å²) in [5.41, 5.74) is 1.06. The van der Waals surface area contributed by atoms with E-state index in [4.69, 9.17) is 0 Å². The Labute approximate surface area is 70.1 Å². The zero-order valence-electron chi connectivity index (χ0n) is 6.57. The predicted molar refractivity (Wildman–Crippen MR) is 42.3 cm³/mol. The van der Waals surface area contributed by atoms with Gasteiger partial charge in [0, 0.05) is 11.8 Å². The minimum atomic E-state index is -0.947. The Morgan fingerprint density at radius 3 is 3.08 bits per heavy atom. The normalized spacial score (nSPS) is 28.2. The lowest BCUT2D eigenvalue weighted by molar-refractivity contribution is 0.125. The lowest BCUT2D eigenvalue weighted by atomic mass is 9.92. The molecule has 0 unspecified atom stereocenters. The van der Waals surface area contributed by atoms with Crippen LogP contribution in [0.5, 0.6) is 0 Å². The van der Waals surface area contributed by atoms with Gasteiger partial charge in [-0.25, -0.2) is 4.39 Å². The van der Waals surface area contributed by atoms with Crippen LogP contribution in [0.2, 0.25) is 0 Å². The second kappa shape index (κ2) is 2.83. The molecule has 64 valence electrons. The maximum absolute atomic E-state index is 13.2. The molecule has 1 aromatic rings. The van der Waals surface area contributed by atoms with Crippen LogP contribution in [0.1, 0.15) is 36.4 Å². The van der Waals surface area contributed by atoms with Crippen molar-refractivity contribution >= 4 is 0 Å². The number of aromatic nitrogens is 1. The minimum Gasteiger partial charge on any atom is -0.387 e. The van der Waals surface area contributed by atoms with E-state index < -0.39 is 12.3 Å². The standard InChI is InChI=1S/C9H10FNO/c10-7-3-4-8(12)9-6(7)2-1-5-11-9/h1-2,5,7-8,12H,3-4H2/t7-,8-/m0/s1. The molecule has 1 aliphatic carbocycles. The molecule has 0 aromatic carbocycles. The monoisotopic (exact) mass is 167 g/mol. The third-order valence-electron chi connectivity index (χ3n) is 2.22. The second-order valence-electron chi connectivity index (χ2n) is 3.04. The lowest BCUT2D eigenvalue weighted by Crippen LogP contribution is -2.13. The Kier molecular flexibility index (Phi) is 1.81. The minimum absolute atomic E-state index is 0.403. The van der Waals surface area contributed by atoms with E-state index in [1.807, 2.05) is 0 Å². The van der Waals surface area contributed by atoms with Crippen LogP contribution in [-0.2, 0) is 0 Å². The summed E-state index contributed by atoms with van der Waals surface area (Å²) in [5.74, 6) is 0. The number of rotatable bonds is 0. The van der Waals surface area contributed by atoms with Gasteiger partial charge >= 0.3 is 0 Å². The Morgan fingerprint density at radius 1 is 1.50 bits per heavy atom. The summed E-state index contributed by atoms with van der Waals surface area (Å²) in [6.45, 7) is 0. The van der Waals surface area contributed by atoms with Crippen molar-refractivity contribution in [3.05, 3.63) is 29.6 Å². The average Bonchev–Trinajstić information content (AvgIpc) is 2.12. The highest BCUT2D eigenvalue weighted by Crippen LogP contribution is 2.36. The van der Waals surface area contributed by atoms with Gasteiger partial charge in [-0.05, 0) is 18.9 Å². The Bertz CT molecular complexity index is 261. The topological polar surface area (TPSA) is 33.1 Å². The van der Waals surface area contributed by atoms with Crippen LogP contribution in [0.25, 0.3) is 0 Å². The third kappa shape index (κ3) is 1.10. The summed E-state index contributed by atoms with van der Waals surface area (Å²) >= 11 is 0. The van der Waals surface area contributed by atoms with E-state index in [-0.39, 0.29) is 0 Å². The lowest BCUT2D eigenvalue weighted by Gasteiger charge is -2.22. The highest BCUT2D eigenvalue weighted by molar-refractivity contribution is 5.26. The van der Waals surface area contributed by atoms with Gasteiger partial charge in [0.1, 0.15) is 6.17 Å². The first-order chi connectivity index (χ1) is 5.79. The number of nitrogens with zero attached hydrogens (tertiary/aromatic N) is 1. The van der Waals surface area contributed by atoms with E-state index in [2.05, 4.69) is 4.98 Å². The summed E-state index contributed by atoms with van der Waals surface area (Å²) in [6.07, 6.45) is 0.941. The van der Waals surface area contributed by atoms with Crippen LogP contribution in [0, 0.1) is 0 Å². The van der Waals surface area contributed by atoms with E-state index in [1.165, 1.54) is 0 Å². The summed E-state index contributed by atoms with van der Waals surface area (Å²) in [4.78, 5) is 3.96. The number of pyridine rings is 1. The largest absolute Gasteiger partial charge is 0.387 e. The summed E-state index contributed by atoms with van der Waals surface area (Å²) in [7, 11) is 0. The maximum Gasteiger partial charge on any atom is 0.127 e. The van der Waals surface area contributed by atoms with Gasteiger partial charge < -0.3 is 5.11 Å². The SMILES string of the molecule is O[C@H]1CC[C@H](F)c2cccnc21. The van der Waals surface area contributed by atoms with Gasteiger partial charge in [0.15, 0.2) is 0 Å². The molecule has 0 amide bonds. The van der Waals surface area contributed by atoms with Crippen LogP contribution in [0.4, 0.5) is 4.39 Å². The molecule has 0 saturated heterocycles. The fraction of sp³-hybridized carbons (Fsp3) is 0.444. The molecule has 1 aliphatic rings. The van der Waals surface area contributed by atoms with Gasteiger partial charge in [-0.3, -0.25) is 4.98 Å². The van der Waals surface area contributed by atoms with Crippen molar-refractivity contribution in [3.8, 4) is 0 Å². The van der Waals surface area contributed by atoms with Gasteiger partial charge in [0.25, 0.3) is 0 Å². The molecule has 2 atom stereocenters. The Hall–Kier alpha value is -0.960. The molecule has 2 rings (SSSR count). The van der Waals surface area contributed by atoms with Crippen LogP contribution in [0.3, 0.4) is 0 Å². The zero-order valence-corrected chi connectivity index (χ0v) is 6.57. The van der Waals surface area contributed by atoms with E-state index >= 15 is 0 Å². The second-order valence-corrected chi connectivity index (χ2v) is 3.04. The first kappa shape index (κ1) is 7.68. The first-order valence-electron chi connectivity index (χ1n) is 4.06. The van der Waals surface area contributed by atoms with Gasteiger partial charge in [0.05, 0.1) is 11.8 Å². The fourth-order valence-corrected chi connectivity index (χ4v) is 1.57. The number of halogens is 1. The molecular formula is C9H10FNO. The van der Waals surface area contributed by atoms with E-state index in [0.717, 1.165) is 0 Å². The summed E-state index contributed by atoms with van der Waals surface area (Å²) < 4.78 is 13.2. The van der Waals surface area contributed by atoms with Crippen molar-refractivity contribution in [2.24, 2.45) is 0 Å². The quantitative estimate of drug-likeness (QED) is 0.640. The van der Waals surface area contributed by atoms with Crippen molar-refractivity contribution < 1.29 is 9.50 Å². The molecule has 0 bridgehead atoms. The number of aliphatic hydroxyl groups excluding tert-OH is 1. The van der Waals surface area contributed by atoms with Crippen molar-refractivity contribution in [3.63, 3.8) is 0 Å². The maximum atomic E-state index is 13.2. The van der Waals surface area contributed by atoms with Crippen LogP contribution in [-0.4, -0.2) is 10.1 Å². The third-order valence-corrected chi connectivity index (χ3v) is 2.22. The smallest absolute Gasteiger partial charge is 0.127 e. The summed E-state index contributed by atoms with van der Waals surface area (Å²) in [6, 6.07) is 3.39. The molecule has 12 heavy (non-hydrogen) atoms. The molecule has 1 N–H and O–H groups in total. The van der Waals surface area contributed by atoms with Gasteiger partial charge in [-0.2, -0.15) is 0 Å². The van der Waals surface area contributed by atoms with Crippen molar-refractivity contribution in [2.75, 3.05) is 0 Å². The molecule has 0 fully saturated rings. The molecular weight excluding hydrogens is 157 g/mol. The number of aliphatic hydroxyl groups is 1. The average molecular weight is 167 g/mol. The van der Waals surface area contributed by atoms with Gasteiger partial charge in [-0.1, -0.05) is 6.07 Å². The predicted octanol–water partition coefficient (Wildman–Crippen LogP) is 1.92. The Morgan fingerprint density at radius 2 is 2.33 bits per heavy atom. The number of alkyl halides is 1. The van der Waals surface area contributed by atoms with Crippen molar-refractivity contribution in [2.45, 2.75) is 25.1 Å². The van der Waals surface area contributed by atoms with Crippen LogP contribution >= 0.6 is 0 Å². The Balaban J connectivity index is 2.47. The molecule has 0 radical (unpaired) electrons. The molecule has 3 heteroatoms. The van der Waals surface area contributed by atoms with Crippen LogP contribution in [0.15, 0.2) is 18.3 Å².